The number of aromatic nitrogens is 1. The fourth-order valence-corrected chi connectivity index (χ4v) is 3.44. The molecule has 0 amide bonds. The topological polar surface area (TPSA) is 63.4 Å². The molecule has 25 heavy (non-hydrogen) atoms. The van der Waals surface area contributed by atoms with E-state index in [0.717, 1.165) is 22.0 Å². The zero-order valence-electron chi connectivity index (χ0n) is 13.2. The van der Waals surface area contributed by atoms with Gasteiger partial charge in [0.2, 0.25) is 15.9 Å². The van der Waals surface area contributed by atoms with Gasteiger partial charge < -0.3 is 4.42 Å². The summed E-state index contributed by atoms with van der Waals surface area (Å²) in [5, 5.41) is 0.605. The highest BCUT2D eigenvalue weighted by Gasteiger charge is 2.22. The van der Waals surface area contributed by atoms with Gasteiger partial charge in [0.25, 0.3) is 0 Å². The zero-order valence-corrected chi connectivity index (χ0v) is 14.8. The third-order valence-corrected chi connectivity index (χ3v) is 5.63. The fourth-order valence-electron chi connectivity index (χ4n) is 2.19. The minimum absolute atomic E-state index is 0.000816. The van der Waals surface area contributed by atoms with E-state index in [9.17, 15) is 12.8 Å². The number of benzene rings is 2. The van der Waals surface area contributed by atoms with Gasteiger partial charge in [-0.05, 0) is 48.5 Å². The number of hydrogen-bond donors (Lipinski definition) is 0. The van der Waals surface area contributed by atoms with Crippen molar-refractivity contribution in [2.75, 3.05) is 7.05 Å². The summed E-state index contributed by atoms with van der Waals surface area (Å²) in [5.74, 6) is 0.263. The van der Waals surface area contributed by atoms with Gasteiger partial charge in [0.1, 0.15) is 5.82 Å². The molecule has 0 bridgehead atoms. The predicted octanol–water partition coefficient (Wildman–Crippen LogP) is 3.95. The molecular weight excluding hydrogens is 367 g/mol. The quantitative estimate of drug-likeness (QED) is 0.672. The molecule has 0 aliphatic heterocycles. The average molecular weight is 381 g/mol. The maximum Gasteiger partial charge on any atom is 0.243 e. The molecule has 1 aromatic heterocycles. The smallest absolute Gasteiger partial charge is 0.243 e. The molecule has 1 heterocycles. The normalized spacial score (nSPS) is 11.8. The molecule has 2 aromatic carbocycles. The maximum atomic E-state index is 13.0. The molecular formula is C17H14ClFN2O3S. The zero-order chi connectivity index (χ0) is 18.0. The van der Waals surface area contributed by atoms with E-state index >= 15 is 0 Å². The Labute approximate surface area is 149 Å². The highest BCUT2D eigenvalue weighted by molar-refractivity contribution is 7.89. The van der Waals surface area contributed by atoms with Gasteiger partial charge in [-0.15, -0.1) is 0 Å². The number of sulfonamides is 1. The van der Waals surface area contributed by atoms with Crippen LogP contribution in [0, 0.1) is 5.82 Å². The molecule has 0 unspecified atom stereocenters. The third kappa shape index (κ3) is 3.89. The lowest BCUT2D eigenvalue weighted by molar-refractivity contribution is 0.400. The van der Waals surface area contributed by atoms with Crippen LogP contribution in [0.5, 0.6) is 0 Å². The van der Waals surface area contributed by atoms with Crippen LogP contribution in [0.1, 0.15) is 5.89 Å². The lowest BCUT2D eigenvalue weighted by Crippen LogP contribution is -2.26. The Hall–Kier alpha value is -2.22. The largest absolute Gasteiger partial charge is 0.439 e. The minimum Gasteiger partial charge on any atom is -0.439 e. The van der Waals surface area contributed by atoms with Crippen molar-refractivity contribution >= 4 is 21.6 Å². The molecule has 0 atom stereocenters. The Kier molecular flexibility index (Phi) is 4.89. The third-order valence-electron chi connectivity index (χ3n) is 3.56. The summed E-state index contributed by atoms with van der Waals surface area (Å²) in [4.78, 5) is 4.11. The van der Waals surface area contributed by atoms with E-state index in [1.807, 2.05) is 0 Å². The van der Waals surface area contributed by atoms with Crippen molar-refractivity contribution < 1.29 is 17.2 Å². The van der Waals surface area contributed by atoms with Crippen LogP contribution in [0.15, 0.2) is 64.0 Å². The second-order valence-corrected chi connectivity index (χ2v) is 7.82. The van der Waals surface area contributed by atoms with Gasteiger partial charge in [0, 0.05) is 17.6 Å². The lowest BCUT2D eigenvalue weighted by atomic mass is 10.2. The molecule has 3 rings (SSSR count). The summed E-state index contributed by atoms with van der Waals surface area (Å²) >= 11 is 5.85. The number of oxazole rings is 1. The first kappa shape index (κ1) is 17.6. The number of hydrogen-bond acceptors (Lipinski definition) is 4. The summed E-state index contributed by atoms with van der Waals surface area (Å²) < 4.78 is 44.6. The van der Waals surface area contributed by atoms with E-state index in [2.05, 4.69) is 4.98 Å². The molecule has 0 radical (unpaired) electrons. The van der Waals surface area contributed by atoms with Crippen LogP contribution in [0.3, 0.4) is 0 Å². The first-order valence-corrected chi connectivity index (χ1v) is 9.10. The minimum atomic E-state index is -3.77. The molecule has 8 heteroatoms. The molecule has 0 aliphatic carbocycles. The Balaban J connectivity index is 1.78. The van der Waals surface area contributed by atoms with Gasteiger partial charge in [0.05, 0.1) is 17.6 Å². The van der Waals surface area contributed by atoms with Crippen LogP contribution < -0.4 is 0 Å². The fraction of sp³-hybridized carbons (Fsp3) is 0.118. The molecule has 0 fully saturated rings. The molecule has 5 nitrogen and oxygen atoms in total. The van der Waals surface area contributed by atoms with Crippen molar-refractivity contribution in [2.45, 2.75) is 11.4 Å². The van der Waals surface area contributed by atoms with Gasteiger partial charge in [-0.2, -0.15) is 4.31 Å². The van der Waals surface area contributed by atoms with Crippen LogP contribution in [0.2, 0.25) is 5.02 Å². The highest BCUT2D eigenvalue weighted by Crippen LogP contribution is 2.23. The van der Waals surface area contributed by atoms with E-state index < -0.39 is 15.8 Å². The summed E-state index contributed by atoms with van der Waals surface area (Å²) in [7, 11) is -2.36. The SMILES string of the molecule is CN(Cc1ncc(-c2ccc(Cl)cc2)o1)S(=O)(=O)c1ccc(F)cc1. The van der Waals surface area contributed by atoms with Crippen molar-refractivity contribution in [3.63, 3.8) is 0 Å². The molecule has 0 N–H and O–H groups in total. The Morgan fingerprint density at radius 2 is 1.76 bits per heavy atom. The first-order valence-electron chi connectivity index (χ1n) is 7.29. The second kappa shape index (κ2) is 6.95. The summed E-state index contributed by atoms with van der Waals surface area (Å²) in [6.45, 7) is -0.0483. The predicted molar refractivity (Wildman–Crippen MR) is 92.0 cm³/mol. The van der Waals surface area contributed by atoms with Crippen LogP contribution in [-0.2, 0) is 16.6 Å². The number of rotatable bonds is 5. The van der Waals surface area contributed by atoms with Crippen molar-refractivity contribution in [3.8, 4) is 11.3 Å². The maximum absolute atomic E-state index is 13.0. The van der Waals surface area contributed by atoms with Crippen molar-refractivity contribution in [2.24, 2.45) is 0 Å². The van der Waals surface area contributed by atoms with Gasteiger partial charge in [-0.3, -0.25) is 0 Å². The van der Waals surface area contributed by atoms with Gasteiger partial charge in [-0.1, -0.05) is 11.6 Å². The van der Waals surface area contributed by atoms with E-state index in [1.54, 1.807) is 24.3 Å². The molecule has 0 saturated heterocycles. The Morgan fingerprint density at radius 1 is 1.12 bits per heavy atom. The van der Waals surface area contributed by atoms with Crippen molar-refractivity contribution in [1.82, 2.24) is 9.29 Å². The van der Waals surface area contributed by atoms with E-state index in [4.69, 9.17) is 16.0 Å². The molecule has 130 valence electrons. The summed E-state index contributed by atoms with van der Waals surface area (Å²) in [6.07, 6.45) is 1.52. The van der Waals surface area contributed by atoms with Crippen LogP contribution in [0.25, 0.3) is 11.3 Å². The molecule has 0 aliphatic rings. The lowest BCUT2D eigenvalue weighted by Gasteiger charge is -2.15. The van der Waals surface area contributed by atoms with Gasteiger partial charge in [-0.25, -0.2) is 17.8 Å². The van der Waals surface area contributed by atoms with Crippen LogP contribution in [-0.4, -0.2) is 24.8 Å². The Morgan fingerprint density at radius 3 is 2.40 bits per heavy atom. The van der Waals surface area contributed by atoms with Crippen LogP contribution >= 0.6 is 11.6 Å². The summed E-state index contributed by atoms with van der Waals surface area (Å²) in [5.41, 5.74) is 0.784. The standard InChI is InChI=1S/C17H14ClFN2O3S/c1-21(25(22,23)15-8-6-14(19)7-9-15)11-17-20-10-16(24-17)12-2-4-13(18)5-3-12/h2-10H,11H2,1H3. The average Bonchev–Trinajstić information content (AvgIpc) is 3.04. The molecule has 0 spiro atoms. The van der Waals surface area contributed by atoms with Gasteiger partial charge in [0.15, 0.2) is 5.76 Å². The second-order valence-electron chi connectivity index (χ2n) is 5.34. The van der Waals surface area contributed by atoms with Crippen molar-refractivity contribution in [3.05, 3.63) is 71.5 Å². The van der Waals surface area contributed by atoms with E-state index in [1.165, 1.54) is 25.4 Å². The Bertz CT molecular complexity index is 970. The molecule has 3 aromatic rings. The van der Waals surface area contributed by atoms with Gasteiger partial charge >= 0.3 is 0 Å². The number of nitrogens with zero attached hydrogens (tertiary/aromatic N) is 2. The monoisotopic (exact) mass is 380 g/mol. The van der Waals surface area contributed by atoms with E-state index in [-0.39, 0.29) is 17.3 Å². The van der Waals surface area contributed by atoms with Crippen molar-refractivity contribution in [1.29, 1.82) is 0 Å². The highest BCUT2D eigenvalue weighted by atomic mass is 35.5. The number of halogens is 2. The molecule has 0 saturated carbocycles. The first-order chi connectivity index (χ1) is 11.9. The summed E-state index contributed by atoms with van der Waals surface area (Å²) in [6, 6.07) is 11.7. The van der Waals surface area contributed by atoms with Crippen LogP contribution in [0.4, 0.5) is 4.39 Å². The van der Waals surface area contributed by atoms with E-state index in [0.29, 0.717) is 10.8 Å².